The van der Waals surface area contributed by atoms with E-state index in [2.05, 4.69) is 9.47 Å². The van der Waals surface area contributed by atoms with Crippen molar-refractivity contribution in [2.24, 2.45) is 0 Å². The normalized spacial score (nSPS) is 18.6. The maximum Gasteiger partial charge on any atom is 2.00 e. The summed E-state index contributed by atoms with van der Waals surface area (Å²) in [6.45, 7) is 1.39. The predicted molar refractivity (Wildman–Crippen MR) is 91.1 cm³/mol. The fraction of sp³-hybridized carbons (Fsp3) is 0.875. The molecule has 0 saturated carbocycles. The Bertz CT molecular complexity index is 439. The van der Waals surface area contributed by atoms with E-state index in [-0.39, 0.29) is 30.3 Å². The van der Waals surface area contributed by atoms with Crippen molar-refractivity contribution in [3.05, 3.63) is 0 Å². The van der Waals surface area contributed by atoms with Gasteiger partial charge >= 0.3 is 17.1 Å². The first kappa shape index (κ1) is 34.7. The van der Waals surface area contributed by atoms with Crippen LogP contribution in [0.3, 0.4) is 0 Å². The molecule has 0 fully saturated rings. The largest absolute Gasteiger partial charge is 2.00 e. The van der Waals surface area contributed by atoms with E-state index in [0.29, 0.717) is 0 Å². The molecule has 14 nitrogen and oxygen atoms in total. The van der Waals surface area contributed by atoms with Gasteiger partial charge in [0.1, 0.15) is 48.8 Å². The minimum atomic E-state index is -1.86. The Hall–Kier alpha value is -0.941. The van der Waals surface area contributed by atoms with Crippen molar-refractivity contribution in [3.63, 3.8) is 0 Å². The third-order valence-electron chi connectivity index (χ3n) is 3.64. The van der Waals surface area contributed by atoms with E-state index >= 15 is 0 Å². The van der Waals surface area contributed by atoms with Crippen LogP contribution in [-0.4, -0.2) is 128 Å². The standard InChI is InChI=1S/2C8H16O7.Fe/c2*1-2-15-7(8(13)14)6(12)5(11)4(10)3-9;/h2*4-7,9-12H,2-3H2,1H3,(H,13,14);/q;;+2/p-2. The minimum Gasteiger partial charge on any atom is -0.547 e. The zero-order valence-electron chi connectivity index (χ0n) is 16.8. The topological polar surface area (TPSA) is 261 Å². The van der Waals surface area contributed by atoms with Gasteiger partial charge < -0.3 is 70.1 Å². The smallest absolute Gasteiger partial charge is 0.547 e. The van der Waals surface area contributed by atoms with Crippen molar-refractivity contribution in [3.8, 4) is 0 Å². The fourth-order valence-electron chi connectivity index (χ4n) is 2.00. The number of aliphatic carboxylic acids is 2. The van der Waals surface area contributed by atoms with E-state index in [1.807, 2.05) is 0 Å². The first-order valence-corrected chi connectivity index (χ1v) is 8.85. The number of aliphatic hydroxyl groups is 8. The van der Waals surface area contributed by atoms with Crippen LogP contribution in [0.25, 0.3) is 0 Å². The maximum absolute atomic E-state index is 10.5. The second-order valence-corrected chi connectivity index (χ2v) is 5.85. The summed E-state index contributed by atoms with van der Waals surface area (Å²) in [5.74, 6) is -3.40. The summed E-state index contributed by atoms with van der Waals surface area (Å²) in [5.41, 5.74) is 0. The fourth-order valence-corrected chi connectivity index (χ4v) is 2.00. The number of carboxylic acid groups (broad SMARTS) is 2. The number of hydrogen-bond acceptors (Lipinski definition) is 14. The minimum absolute atomic E-state index is 0. The summed E-state index contributed by atoms with van der Waals surface area (Å²) < 4.78 is 9.23. The molecule has 0 spiro atoms. The monoisotopic (exact) mass is 502 g/mol. The molecule has 0 rings (SSSR count). The van der Waals surface area contributed by atoms with Crippen LogP contribution in [0.1, 0.15) is 13.8 Å². The molecule has 8 atom stereocenters. The van der Waals surface area contributed by atoms with Gasteiger partial charge in [-0.2, -0.15) is 0 Å². The van der Waals surface area contributed by atoms with Crippen molar-refractivity contribution in [2.45, 2.75) is 62.7 Å². The van der Waals surface area contributed by atoms with Crippen LogP contribution in [0.5, 0.6) is 0 Å². The summed E-state index contributed by atoms with van der Waals surface area (Å²) in [7, 11) is 0. The van der Waals surface area contributed by atoms with Gasteiger partial charge in [-0.15, -0.1) is 0 Å². The SMILES string of the molecule is CCOC(C(=O)[O-])C(O)C(O)C(O)CO.CCOC(C(=O)[O-])C(O)C(O)C(O)CO.[Fe+2]. The molecular weight excluding hydrogens is 472 g/mol. The number of carbonyl (C=O) groups excluding carboxylic acids is 2. The van der Waals surface area contributed by atoms with Gasteiger partial charge in [-0.05, 0) is 13.8 Å². The molecule has 0 saturated heterocycles. The molecule has 8 unspecified atom stereocenters. The van der Waals surface area contributed by atoms with Crippen molar-refractivity contribution in [1.82, 2.24) is 0 Å². The molecule has 0 aromatic carbocycles. The molecule has 0 aromatic rings. The zero-order chi connectivity index (χ0) is 24.0. The molecule has 0 aliphatic carbocycles. The molecule has 0 aliphatic rings. The molecule has 186 valence electrons. The van der Waals surface area contributed by atoms with Crippen molar-refractivity contribution < 1.29 is 87.2 Å². The Morgan fingerprint density at radius 1 is 0.677 bits per heavy atom. The first-order chi connectivity index (χ1) is 13.9. The van der Waals surface area contributed by atoms with Crippen LogP contribution >= 0.6 is 0 Å². The van der Waals surface area contributed by atoms with Crippen molar-refractivity contribution >= 4 is 11.9 Å². The number of rotatable bonds is 14. The number of hydrogen-bond donors (Lipinski definition) is 8. The molecule has 15 heteroatoms. The summed E-state index contributed by atoms with van der Waals surface area (Å²) in [5, 5.41) is 92.9. The Morgan fingerprint density at radius 3 is 1.10 bits per heavy atom. The summed E-state index contributed by atoms with van der Waals surface area (Å²) >= 11 is 0. The molecule has 8 N–H and O–H groups in total. The Balaban J connectivity index is -0.000000490. The Kier molecular flexibility index (Phi) is 20.8. The van der Waals surface area contributed by atoms with E-state index in [1.54, 1.807) is 0 Å². The first-order valence-electron chi connectivity index (χ1n) is 8.85. The summed E-state index contributed by atoms with van der Waals surface area (Å²) in [6.07, 6.45) is -14.1. The second kappa shape index (κ2) is 18.6. The molecule has 0 radical (unpaired) electrons. The van der Waals surface area contributed by atoms with E-state index < -0.39 is 74.0 Å². The number of aliphatic hydroxyl groups excluding tert-OH is 8. The van der Waals surface area contributed by atoms with E-state index in [9.17, 15) is 40.2 Å². The van der Waals surface area contributed by atoms with Gasteiger partial charge in [0.25, 0.3) is 0 Å². The van der Waals surface area contributed by atoms with Gasteiger partial charge in [0.05, 0.1) is 25.2 Å². The third kappa shape index (κ3) is 12.6. The van der Waals surface area contributed by atoms with Gasteiger partial charge in [-0.3, -0.25) is 0 Å². The van der Waals surface area contributed by atoms with Crippen molar-refractivity contribution in [1.29, 1.82) is 0 Å². The maximum atomic E-state index is 10.5. The van der Waals surface area contributed by atoms with Gasteiger partial charge in [-0.1, -0.05) is 0 Å². The van der Waals surface area contributed by atoms with Crippen LogP contribution in [0.15, 0.2) is 0 Å². The van der Waals surface area contributed by atoms with Gasteiger partial charge in [-0.25, -0.2) is 0 Å². The van der Waals surface area contributed by atoms with Crippen LogP contribution < -0.4 is 10.2 Å². The van der Waals surface area contributed by atoms with Crippen LogP contribution in [0, 0.1) is 0 Å². The summed E-state index contributed by atoms with van der Waals surface area (Å²) in [4.78, 5) is 21.0. The molecule has 0 aliphatic heterocycles. The molecule has 0 heterocycles. The quantitative estimate of drug-likeness (QED) is 0.103. The predicted octanol–water partition coefficient (Wildman–Crippen LogP) is -7.57. The molecule has 0 amide bonds. The average Bonchev–Trinajstić information content (AvgIpc) is 2.72. The van der Waals surface area contributed by atoms with Gasteiger partial charge in [0.15, 0.2) is 0 Å². The van der Waals surface area contributed by atoms with Gasteiger partial charge in [0.2, 0.25) is 0 Å². The van der Waals surface area contributed by atoms with E-state index in [1.165, 1.54) is 13.8 Å². The molecule has 0 bridgehead atoms. The number of carboxylic acids is 2. The molecule has 0 aromatic heterocycles. The average molecular weight is 502 g/mol. The van der Waals surface area contributed by atoms with Crippen LogP contribution in [0.4, 0.5) is 0 Å². The summed E-state index contributed by atoms with van der Waals surface area (Å²) in [6, 6.07) is 0. The Morgan fingerprint density at radius 2 is 0.935 bits per heavy atom. The number of ether oxygens (including phenoxy) is 2. The Labute approximate surface area is 188 Å². The number of carbonyl (C=O) groups is 2. The molecular formula is C16H30FeO14. The van der Waals surface area contributed by atoms with E-state index in [4.69, 9.17) is 20.4 Å². The second-order valence-electron chi connectivity index (χ2n) is 5.85. The van der Waals surface area contributed by atoms with E-state index in [0.717, 1.165) is 0 Å². The van der Waals surface area contributed by atoms with Gasteiger partial charge in [0, 0.05) is 13.2 Å². The molecule has 31 heavy (non-hydrogen) atoms. The van der Waals surface area contributed by atoms with Crippen LogP contribution in [-0.2, 0) is 36.1 Å². The zero-order valence-corrected chi connectivity index (χ0v) is 17.9. The van der Waals surface area contributed by atoms with Crippen LogP contribution in [0.2, 0.25) is 0 Å². The van der Waals surface area contributed by atoms with Crippen molar-refractivity contribution in [2.75, 3.05) is 26.4 Å². The third-order valence-corrected chi connectivity index (χ3v) is 3.64.